The summed E-state index contributed by atoms with van der Waals surface area (Å²) in [6.07, 6.45) is 2.29. The van der Waals surface area contributed by atoms with Gasteiger partial charge in [-0.25, -0.2) is 0 Å². The Labute approximate surface area is 124 Å². The van der Waals surface area contributed by atoms with Crippen molar-refractivity contribution in [2.75, 3.05) is 18.4 Å². The fourth-order valence-corrected chi connectivity index (χ4v) is 2.73. The van der Waals surface area contributed by atoms with E-state index in [9.17, 15) is 0 Å². The second-order valence-corrected chi connectivity index (χ2v) is 5.41. The van der Waals surface area contributed by atoms with Gasteiger partial charge in [0.25, 0.3) is 0 Å². The molecule has 112 valence electrons. The van der Waals surface area contributed by atoms with E-state index >= 15 is 0 Å². The zero-order valence-corrected chi connectivity index (χ0v) is 12.0. The molecule has 6 nitrogen and oxygen atoms in total. The van der Waals surface area contributed by atoms with Gasteiger partial charge in [0.05, 0.1) is 6.54 Å². The van der Waals surface area contributed by atoms with Crippen molar-refractivity contribution in [2.45, 2.75) is 32.0 Å². The van der Waals surface area contributed by atoms with Crippen molar-refractivity contribution in [1.82, 2.24) is 15.1 Å². The zero-order valence-electron chi connectivity index (χ0n) is 12.0. The van der Waals surface area contributed by atoms with Crippen LogP contribution in [0.1, 0.15) is 24.3 Å². The summed E-state index contributed by atoms with van der Waals surface area (Å²) in [7, 11) is 0. The number of piperidine rings is 1. The highest BCUT2D eigenvalue weighted by molar-refractivity contribution is 5.20. The van der Waals surface area contributed by atoms with E-state index < -0.39 is 0 Å². The summed E-state index contributed by atoms with van der Waals surface area (Å²) in [6, 6.07) is 11.4. The highest BCUT2D eigenvalue weighted by Crippen LogP contribution is 2.17. The first kappa shape index (κ1) is 14.0. The Morgan fingerprint density at radius 1 is 1.29 bits per heavy atom. The van der Waals surface area contributed by atoms with Gasteiger partial charge >= 0.3 is 6.01 Å². The summed E-state index contributed by atoms with van der Waals surface area (Å²) in [6.45, 7) is 3.37. The van der Waals surface area contributed by atoms with E-state index in [4.69, 9.17) is 10.2 Å². The van der Waals surface area contributed by atoms with Crippen molar-refractivity contribution in [1.29, 1.82) is 0 Å². The molecule has 0 saturated carbocycles. The molecule has 1 atom stereocenters. The summed E-state index contributed by atoms with van der Waals surface area (Å²) in [5.41, 5.74) is 6.82. The number of hydrogen-bond acceptors (Lipinski definition) is 6. The third-order valence-corrected chi connectivity index (χ3v) is 3.72. The van der Waals surface area contributed by atoms with Crippen molar-refractivity contribution in [2.24, 2.45) is 5.73 Å². The van der Waals surface area contributed by atoms with Crippen LogP contribution in [0.15, 0.2) is 34.7 Å². The summed E-state index contributed by atoms with van der Waals surface area (Å²) in [5.74, 6) is 0.467. The molecular formula is C15H21N5O. The van der Waals surface area contributed by atoms with Gasteiger partial charge in [-0.15, -0.1) is 5.10 Å². The highest BCUT2D eigenvalue weighted by Gasteiger charge is 2.21. The van der Waals surface area contributed by atoms with E-state index in [1.54, 1.807) is 0 Å². The van der Waals surface area contributed by atoms with Crippen LogP contribution < -0.4 is 11.1 Å². The van der Waals surface area contributed by atoms with Crippen molar-refractivity contribution >= 4 is 6.01 Å². The molecule has 1 aliphatic heterocycles. The van der Waals surface area contributed by atoms with E-state index in [1.165, 1.54) is 12.0 Å². The van der Waals surface area contributed by atoms with E-state index in [-0.39, 0.29) is 6.54 Å². The molecule has 6 heteroatoms. The molecule has 1 aliphatic rings. The number of nitrogens with two attached hydrogens (primary N) is 1. The van der Waals surface area contributed by atoms with Gasteiger partial charge in [0.2, 0.25) is 5.89 Å². The molecule has 0 bridgehead atoms. The maximum Gasteiger partial charge on any atom is 0.315 e. The average molecular weight is 287 g/mol. The Bertz CT molecular complexity index is 556. The molecule has 0 spiro atoms. The largest absolute Gasteiger partial charge is 0.407 e. The molecule has 0 radical (unpaired) electrons. The van der Waals surface area contributed by atoms with Crippen LogP contribution in [0.3, 0.4) is 0 Å². The Hall–Kier alpha value is -1.92. The Morgan fingerprint density at radius 3 is 2.90 bits per heavy atom. The lowest BCUT2D eigenvalue weighted by atomic mass is 10.0. The number of nitrogens with zero attached hydrogens (tertiary/aromatic N) is 3. The lowest BCUT2D eigenvalue weighted by Crippen LogP contribution is -2.41. The van der Waals surface area contributed by atoms with Crippen LogP contribution in [-0.4, -0.2) is 34.2 Å². The zero-order chi connectivity index (χ0) is 14.5. The van der Waals surface area contributed by atoms with Crippen LogP contribution in [0.2, 0.25) is 0 Å². The predicted octanol–water partition coefficient (Wildman–Crippen LogP) is 1.60. The fraction of sp³-hybridized carbons (Fsp3) is 0.467. The predicted molar refractivity (Wildman–Crippen MR) is 80.6 cm³/mol. The van der Waals surface area contributed by atoms with E-state index in [2.05, 4.69) is 50.7 Å². The number of nitrogens with one attached hydrogen (secondary N) is 1. The molecular weight excluding hydrogens is 266 g/mol. The van der Waals surface area contributed by atoms with Gasteiger partial charge in [0, 0.05) is 19.1 Å². The third-order valence-electron chi connectivity index (χ3n) is 3.72. The molecule has 3 N–H and O–H groups in total. The van der Waals surface area contributed by atoms with Gasteiger partial charge in [0.15, 0.2) is 0 Å². The SMILES string of the molecule is NCc1nnc(NC2CCCN(Cc3ccccc3)C2)o1. The van der Waals surface area contributed by atoms with E-state index in [1.807, 2.05) is 0 Å². The fourth-order valence-electron chi connectivity index (χ4n) is 2.73. The number of rotatable bonds is 5. The minimum atomic E-state index is 0.277. The molecule has 2 aromatic rings. The normalized spacial score (nSPS) is 19.6. The van der Waals surface area contributed by atoms with Gasteiger partial charge in [-0.2, -0.15) is 0 Å². The Balaban J connectivity index is 1.55. The van der Waals surface area contributed by atoms with Gasteiger partial charge in [0.1, 0.15) is 0 Å². The molecule has 21 heavy (non-hydrogen) atoms. The van der Waals surface area contributed by atoms with Crippen LogP contribution in [0.4, 0.5) is 6.01 Å². The number of aromatic nitrogens is 2. The molecule has 3 rings (SSSR count). The minimum absolute atomic E-state index is 0.277. The quantitative estimate of drug-likeness (QED) is 0.869. The minimum Gasteiger partial charge on any atom is -0.407 e. The second-order valence-electron chi connectivity index (χ2n) is 5.41. The van der Waals surface area contributed by atoms with Crippen molar-refractivity contribution in [3.05, 3.63) is 41.8 Å². The van der Waals surface area contributed by atoms with Gasteiger partial charge < -0.3 is 15.5 Å². The first-order chi connectivity index (χ1) is 10.3. The molecule has 1 saturated heterocycles. The maximum absolute atomic E-state index is 5.47. The smallest absolute Gasteiger partial charge is 0.315 e. The van der Waals surface area contributed by atoms with Crippen molar-refractivity contribution in [3.63, 3.8) is 0 Å². The van der Waals surface area contributed by atoms with Crippen LogP contribution in [0.5, 0.6) is 0 Å². The topological polar surface area (TPSA) is 80.2 Å². The Kier molecular flexibility index (Phi) is 4.47. The van der Waals surface area contributed by atoms with Crippen LogP contribution in [0, 0.1) is 0 Å². The van der Waals surface area contributed by atoms with E-state index in [0.29, 0.717) is 17.9 Å². The molecule has 1 aromatic heterocycles. The average Bonchev–Trinajstić information content (AvgIpc) is 2.96. The molecule has 1 unspecified atom stereocenters. The molecule has 0 aliphatic carbocycles. The van der Waals surface area contributed by atoms with Gasteiger partial charge in [-0.3, -0.25) is 4.90 Å². The molecule has 0 amide bonds. The van der Waals surface area contributed by atoms with Crippen molar-refractivity contribution < 1.29 is 4.42 Å². The summed E-state index contributed by atoms with van der Waals surface area (Å²) >= 11 is 0. The number of likely N-dealkylation sites (tertiary alicyclic amines) is 1. The van der Waals surface area contributed by atoms with Gasteiger partial charge in [-0.05, 0) is 24.9 Å². The molecule has 1 fully saturated rings. The first-order valence-electron chi connectivity index (χ1n) is 7.39. The van der Waals surface area contributed by atoms with E-state index in [0.717, 1.165) is 26.1 Å². The summed E-state index contributed by atoms with van der Waals surface area (Å²) < 4.78 is 5.41. The Morgan fingerprint density at radius 2 is 2.14 bits per heavy atom. The standard InChI is InChI=1S/C15H21N5O/c16-9-14-18-19-15(21-14)17-13-7-4-8-20(11-13)10-12-5-2-1-3-6-12/h1-3,5-6,13H,4,7-11,16H2,(H,17,19). The number of hydrogen-bond donors (Lipinski definition) is 2. The second kappa shape index (κ2) is 6.69. The van der Waals surface area contributed by atoms with Crippen LogP contribution in [-0.2, 0) is 13.1 Å². The van der Waals surface area contributed by atoms with Crippen LogP contribution >= 0.6 is 0 Å². The summed E-state index contributed by atoms with van der Waals surface area (Å²) in [5, 5.41) is 11.1. The van der Waals surface area contributed by atoms with Crippen LogP contribution in [0.25, 0.3) is 0 Å². The summed E-state index contributed by atoms with van der Waals surface area (Å²) in [4.78, 5) is 2.46. The molecule has 1 aromatic carbocycles. The lowest BCUT2D eigenvalue weighted by molar-refractivity contribution is 0.207. The number of anilines is 1. The van der Waals surface area contributed by atoms with Crippen molar-refractivity contribution in [3.8, 4) is 0 Å². The third kappa shape index (κ3) is 3.80. The maximum atomic E-state index is 5.47. The van der Waals surface area contributed by atoms with Gasteiger partial charge in [-0.1, -0.05) is 35.4 Å². The lowest BCUT2D eigenvalue weighted by Gasteiger charge is -2.32. The molecule has 2 heterocycles. The first-order valence-corrected chi connectivity index (χ1v) is 7.39. The number of benzene rings is 1. The monoisotopic (exact) mass is 287 g/mol. The highest BCUT2D eigenvalue weighted by atomic mass is 16.4.